The molecule has 0 atom stereocenters. The normalized spacial score (nSPS) is 11.2. The van der Waals surface area contributed by atoms with Crippen LogP contribution in [0.5, 0.6) is 0 Å². The minimum Gasteiger partial charge on any atom is -0.456 e. The van der Waals surface area contributed by atoms with Gasteiger partial charge in [0.05, 0.1) is 5.69 Å². The maximum atomic E-state index is 6.43. The lowest BCUT2D eigenvalue weighted by molar-refractivity contribution is 0.626. The van der Waals surface area contributed by atoms with E-state index in [9.17, 15) is 0 Å². The van der Waals surface area contributed by atoms with Gasteiger partial charge >= 0.3 is 0 Å². The molecule has 2 nitrogen and oxygen atoms in total. The first-order valence-corrected chi connectivity index (χ1v) is 12.7. The van der Waals surface area contributed by atoms with Gasteiger partial charge in [-0.25, -0.2) is 0 Å². The molecule has 6 aromatic rings. The van der Waals surface area contributed by atoms with E-state index in [0.29, 0.717) is 0 Å². The van der Waals surface area contributed by atoms with Crippen LogP contribution >= 0.6 is 0 Å². The second-order valence-corrected chi connectivity index (χ2v) is 9.80. The molecule has 0 radical (unpaired) electrons. The van der Waals surface area contributed by atoms with Crippen molar-refractivity contribution in [3.8, 4) is 44.8 Å². The first kappa shape index (κ1) is 23.0. The van der Waals surface area contributed by atoms with Crippen molar-refractivity contribution in [1.82, 2.24) is 4.98 Å². The standard InChI is InChI=1S/C35H29NO/c1-22-18-33(36-21-32(22)26-12-7-5-8-13-26)29-17-11-16-28(19-29)30-20-31-25(4)34(27-14-9-6-10-15-27)37-35(31)24(3)23(30)2/h5-21H,1-4H3. The zero-order chi connectivity index (χ0) is 25.5. The van der Waals surface area contributed by atoms with Gasteiger partial charge in [0.1, 0.15) is 11.3 Å². The van der Waals surface area contributed by atoms with Crippen LogP contribution in [0.15, 0.2) is 108 Å². The molecule has 2 aromatic heterocycles. The van der Waals surface area contributed by atoms with E-state index >= 15 is 0 Å². The van der Waals surface area contributed by atoms with Crippen molar-refractivity contribution in [3.63, 3.8) is 0 Å². The summed E-state index contributed by atoms with van der Waals surface area (Å²) < 4.78 is 6.43. The zero-order valence-corrected chi connectivity index (χ0v) is 21.7. The van der Waals surface area contributed by atoms with Crippen molar-refractivity contribution in [1.29, 1.82) is 0 Å². The summed E-state index contributed by atoms with van der Waals surface area (Å²) >= 11 is 0. The lowest BCUT2D eigenvalue weighted by Crippen LogP contribution is -1.92. The Kier molecular flexibility index (Phi) is 5.73. The molecule has 180 valence electrons. The van der Waals surface area contributed by atoms with Gasteiger partial charge in [0.25, 0.3) is 0 Å². The van der Waals surface area contributed by atoms with Crippen LogP contribution in [0.2, 0.25) is 0 Å². The molecule has 0 aliphatic rings. The van der Waals surface area contributed by atoms with Gasteiger partial charge < -0.3 is 4.42 Å². The fourth-order valence-corrected chi connectivity index (χ4v) is 5.25. The molecule has 2 heterocycles. The van der Waals surface area contributed by atoms with E-state index in [1.165, 1.54) is 49.9 Å². The number of hydrogen-bond donors (Lipinski definition) is 0. The number of hydrogen-bond acceptors (Lipinski definition) is 2. The van der Waals surface area contributed by atoms with Crippen molar-refractivity contribution in [2.45, 2.75) is 27.7 Å². The van der Waals surface area contributed by atoms with Gasteiger partial charge in [0.2, 0.25) is 0 Å². The first-order valence-electron chi connectivity index (χ1n) is 12.7. The number of furan rings is 1. The van der Waals surface area contributed by atoms with E-state index in [1.807, 2.05) is 18.3 Å². The fourth-order valence-electron chi connectivity index (χ4n) is 5.25. The minimum absolute atomic E-state index is 0.946. The third kappa shape index (κ3) is 4.05. The van der Waals surface area contributed by atoms with Crippen LogP contribution in [0.25, 0.3) is 55.8 Å². The molecule has 0 saturated heterocycles. The Morgan fingerprint density at radius 2 is 1.19 bits per heavy atom. The molecule has 4 aromatic carbocycles. The molecule has 37 heavy (non-hydrogen) atoms. The van der Waals surface area contributed by atoms with E-state index < -0.39 is 0 Å². The van der Waals surface area contributed by atoms with Crippen LogP contribution in [-0.4, -0.2) is 4.98 Å². The van der Waals surface area contributed by atoms with Gasteiger partial charge in [0.15, 0.2) is 0 Å². The second-order valence-electron chi connectivity index (χ2n) is 9.80. The second kappa shape index (κ2) is 9.22. The summed E-state index contributed by atoms with van der Waals surface area (Å²) in [6, 6.07) is 34.0. The van der Waals surface area contributed by atoms with Crippen LogP contribution < -0.4 is 0 Å². The Labute approximate surface area is 218 Å². The maximum absolute atomic E-state index is 6.43. The van der Waals surface area contributed by atoms with Gasteiger partial charge in [-0.1, -0.05) is 78.9 Å². The molecular formula is C35H29NO. The Bertz CT molecular complexity index is 1740. The van der Waals surface area contributed by atoms with Crippen LogP contribution in [0.3, 0.4) is 0 Å². The summed E-state index contributed by atoms with van der Waals surface area (Å²) in [6.07, 6.45) is 1.99. The van der Waals surface area contributed by atoms with Gasteiger partial charge in [-0.05, 0) is 79.3 Å². The molecule has 6 rings (SSSR count). The Hall–Kier alpha value is -4.43. The first-order chi connectivity index (χ1) is 18.0. The Morgan fingerprint density at radius 3 is 1.89 bits per heavy atom. The molecule has 0 unspecified atom stereocenters. The van der Waals surface area contributed by atoms with Crippen LogP contribution in [0.1, 0.15) is 22.3 Å². The highest BCUT2D eigenvalue weighted by atomic mass is 16.3. The van der Waals surface area contributed by atoms with Gasteiger partial charge in [-0.2, -0.15) is 0 Å². The largest absolute Gasteiger partial charge is 0.456 e. The molecule has 0 bridgehead atoms. The summed E-state index contributed by atoms with van der Waals surface area (Å²) in [5.41, 5.74) is 13.8. The number of pyridine rings is 1. The summed E-state index contributed by atoms with van der Waals surface area (Å²) in [4.78, 5) is 4.85. The SMILES string of the molecule is Cc1cc(-c2cccc(-c3cc4c(C)c(-c5ccccc5)oc4c(C)c3C)c2)ncc1-c1ccccc1. The number of aromatic nitrogens is 1. The molecule has 0 fully saturated rings. The molecular weight excluding hydrogens is 450 g/mol. The topological polar surface area (TPSA) is 26.0 Å². The van der Waals surface area contributed by atoms with Crippen molar-refractivity contribution >= 4 is 11.0 Å². The van der Waals surface area contributed by atoms with E-state index in [1.54, 1.807) is 0 Å². The summed E-state index contributed by atoms with van der Waals surface area (Å²) in [7, 11) is 0. The Balaban J connectivity index is 1.43. The number of aryl methyl sites for hydroxylation is 3. The van der Waals surface area contributed by atoms with Gasteiger partial charge in [-0.15, -0.1) is 0 Å². The van der Waals surface area contributed by atoms with E-state index in [2.05, 4.69) is 113 Å². The fraction of sp³-hybridized carbons (Fsp3) is 0.114. The van der Waals surface area contributed by atoms with Gasteiger partial charge in [-0.3, -0.25) is 4.98 Å². The minimum atomic E-state index is 0.946. The highest BCUT2D eigenvalue weighted by molar-refractivity contribution is 5.95. The quantitative estimate of drug-likeness (QED) is 0.251. The average molecular weight is 480 g/mol. The molecule has 0 saturated carbocycles. The molecule has 0 aliphatic carbocycles. The monoisotopic (exact) mass is 479 g/mol. The zero-order valence-electron chi connectivity index (χ0n) is 21.7. The number of fused-ring (bicyclic) bond motifs is 1. The number of nitrogens with zero attached hydrogens (tertiary/aromatic N) is 1. The Morgan fingerprint density at radius 1 is 0.541 bits per heavy atom. The summed E-state index contributed by atoms with van der Waals surface area (Å²) in [5, 5.41) is 1.17. The highest BCUT2D eigenvalue weighted by Gasteiger charge is 2.18. The van der Waals surface area contributed by atoms with Crippen molar-refractivity contribution in [2.24, 2.45) is 0 Å². The van der Waals surface area contributed by atoms with Gasteiger partial charge in [0, 0.05) is 33.8 Å². The lowest BCUT2D eigenvalue weighted by Gasteiger charge is -2.13. The third-order valence-electron chi connectivity index (χ3n) is 7.49. The van der Waals surface area contributed by atoms with E-state index in [0.717, 1.165) is 28.2 Å². The summed E-state index contributed by atoms with van der Waals surface area (Å²) in [5.74, 6) is 0.946. The predicted octanol–water partition coefficient (Wildman–Crippen LogP) is 9.73. The van der Waals surface area contributed by atoms with Crippen molar-refractivity contribution in [2.75, 3.05) is 0 Å². The average Bonchev–Trinajstić information content (AvgIpc) is 3.28. The molecule has 0 N–H and O–H groups in total. The molecule has 0 spiro atoms. The van der Waals surface area contributed by atoms with Crippen LogP contribution in [-0.2, 0) is 0 Å². The summed E-state index contributed by atoms with van der Waals surface area (Å²) in [6.45, 7) is 8.67. The molecule has 2 heteroatoms. The number of rotatable bonds is 4. The smallest absolute Gasteiger partial charge is 0.138 e. The molecule has 0 aliphatic heterocycles. The van der Waals surface area contributed by atoms with Crippen molar-refractivity contribution in [3.05, 3.63) is 126 Å². The van der Waals surface area contributed by atoms with E-state index in [-0.39, 0.29) is 0 Å². The van der Waals surface area contributed by atoms with Crippen LogP contribution in [0, 0.1) is 27.7 Å². The van der Waals surface area contributed by atoms with E-state index in [4.69, 9.17) is 9.40 Å². The third-order valence-corrected chi connectivity index (χ3v) is 7.49. The molecule has 0 amide bonds. The highest BCUT2D eigenvalue weighted by Crippen LogP contribution is 2.40. The predicted molar refractivity (Wildman–Crippen MR) is 155 cm³/mol. The lowest BCUT2D eigenvalue weighted by atomic mass is 9.92. The maximum Gasteiger partial charge on any atom is 0.138 e. The number of benzene rings is 4. The van der Waals surface area contributed by atoms with Crippen molar-refractivity contribution < 1.29 is 4.42 Å². The van der Waals surface area contributed by atoms with Crippen LogP contribution in [0.4, 0.5) is 0 Å².